The van der Waals surface area contributed by atoms with Gasteiger partial charge in [0.2, 0.25) is 5.91 Å². The van der Waals surface area contributed by atoms with Crippen molar-refractivity contribution in [1.29, 1.82) is 0 Å². The molecule has 1 amide bonds. The first-order valence-electron chi connectivity index (χ1n) is 10.3. The van der Waals surface area contributed by atoms with Crippen molar-refractivity contribution in [3.63, 3.8) is 0 Å². The van der Waals surface area contributed by atoms with Gasteiger partial charge in [-0.2, -0.15) is 0 Å². The van der Waals surface area contributed by atoms with Crippen LogP contribution >= 0.6 is 27.5 Å². The fourth-order valence-corrected chi connectivity index (χ4v) is 6.83. The van der Waals surface area contributed by atoms with E-state index in [-0.39, 0.29) is 17.1 Å². The second-order valence-electron chi connectivity index (χ2n) is 9.15. The molecule has 6 rings (SSSR count). The Bertz CT molecular complexity index is 967. The monoisotopic (exact) mass is 471 g/mol. The standard InChI is InChI=1S/C24H23BrClNO2/c25-17-5-6-21(19(10-17)22(28)18-3-1-2-4-20(18)26)27-23(29)24-11-14-7-15(12-24)9-16(8-14)13-24/h1-6,10,14-16H,7-9,11-13H2,(H,27,29). The van der Waals surface area contributed by atoms with Gasteiger partial charge in [-0.3, -0.25) is 9.59 Å². The van der Waals surface area contributed by atoms with E-state index in [0.29, 0.717) is 39.6 Å². The number of halogens is 2. The molecule has 0 spiro atoms. The van der Waals surface area contributed by atoms with Gasteiger partial charge in [0, 0.05) is 15.6 Å². The largest absolute Gasteiger partial charge is 0.325 e. The Hall–Kier alpha value is -1.65. The first-order valence-corrected chi connectivity index (χ1v) is 11.5. The smallest absolute Gasteiger partial charge is 0.230 e. The summed E-state index contributed by atoms with van der Waals surface area (Å²) in [5.74, 6) is 1.99. The molecule has 4 aliphatic carbocycles. The molecule has 150 valence electrons. The van der Waals surface area contributed by atoms with Crippen LogP contribution in [0.2, 0.25) is 5.02 Å². The number of carbonyl (C=O) groups excluding carboxylic acids is 2. The van der Waals surface area contributed by atoms with Gasteiger partial charge < -0.3 is 5.32 Å². The van der Waals surface area contributed by atoms with Crippen molar-refractivity contribution in [3.8, 4) is 0 Å². The fraction of sp³-hybridized carbons (Fsp3) is 0.417. The summed E-state index contributed by atoms with van der Waals surface area (Å²) in [6.07, 6.45) is 6.86. The molecule has 4 saturated carbocycles. The van der Waals surface area contributed by atoms with E-state index in [2.05, 4.69) is 21.2 Å². The average molecular weight is 473 g/mol. The van der Waals surface area contributed by atoms with E-state index in [0.717, 1.165) is 23.7 Å². The third kappa shape index (κ3) is 3.44. The number of nitrogens with one attached hydrogen (secondary N) is 1. The lowest BCUT2D eigenvalue weighted by atomic mass is 9.49. The van der Waals surface area contributed by atoms with Crippen LogP contribution in [0, 0.1) is 23.2 Å². The number of benzene rings is 2. The Morgan fingerprint density at radius 3 is 2.17 bits per heavy atom. The third-order valence-corrected chi connectivity index (χ3v) is 7.94. The molecule has 29 heavy (non-hydrogen) atoms. The molecule has 1 N–H and O–H groups in total. The zero-order chi connectivity index (χ0) is 20.2. The van der Waals surface area contributed by atoms with E-state index < -0.39 is 0 Å². The van der Waals surface area contributed by atoms with Gasteiger partial charge in [-0.05, 0) is 86.6 Å². The summed E-state index contributed by atoms with van der Waals surface area (Å²) in [4.78, 5) is 26.7. The molecule has 5 heteroatoms. The molecular formula is C24H23BrClNO2. The molecule has 4 bridgehead atoms. The number of hydrogen-bond acceptors (Lipinski definition) is 2. The van der Waals surface area contributed by atoms with Gasteiger partial charge in [-0.1, -0.05) is 39.7 Å². The molecule has 0 aromatic heterocycles. The number of anilines is 1. The minimum absolute atomic E-state index is 0.0899. The van der Waals surface area contributed by atoms with Crippen LogP contribution < -0.4 is 5.32 Å². The maximum absolute atomic E-state index is 13.5. The highest BCUT2D eigenvalue weighted by molar-refractivity contribution is 9.10. The lowest BCUT2D eigenvalue weighted by molar-refractivity contribution is -0.140. The van der Waals surface area contributed by atoms with Crippen LogP contribution in [0.1, 0.15) is 54.4 Å². The molecule has 0 aliphatic heterocycles. The molecular weight excluding hydrogens is 450 g/mol. The van der Waals surface area contributed by atoms with E-state index in [4.69, 9.17) is 11.6 Å². The molecule has 0 saturated heterocycles. The molecule has 2 aromatic carbocycles. The number of rotatable bonds is 4. The number of hydrogen-bond donors (Lipinski definition) is 1. The van der Waals surface area contributed by atoms with Gasteiger partial charge >= 0.3 is 0 Å². The summed E-state index contributed by atoms with van der Waals surface area (Å²) in [6.45, 7) is 0. The molecule has 0 radical (unpaired) electrons. The molecule has 3 nitrogen and oxygen atoms in total. The Morgan fingerprint density at radius 2 is 1.55 bits per heavy atom. The van der Waals surface area contributed by atoms with Crippen molar-refractivity contribution < 1.29 is 9.59 Å². The maximum Gasteiger partial charge on any atom is 0.230 e. The first kappa shape index (κ1) is 19.3. The second kappa shape index (κ2) is 7.24. The van der Waals surface area contributed by atoms with E-state index >= 15 is 0 Å². The average Bonchev–Trinajstić information content (AvgIpc) is 2.68. The van der Waals surface area contributed by atoms with Gasteiger partial charge in [0.05, 0.1) is 16.1 Å². The van der Waals surface area contributed by atoms with Crippen LogP contribution in [0.15, 0.2) is 46.9 Å². The van der Waals surface area contributed by atoms with Gasteiger partial charge in [-0.25, -0.2) is 0 Å². The number of carbonyl (C=O) groups is 2. The van der Waals surface area contributed by atoms with Crippen LogP contribution in [-0.4, -0.2) is 11.7 Å². The highest BCUT2D eigenvalue weighted by Crippen LogP contribution is 2.60. The van der Waals surface area contributed by atoms with Crippen molar-refractivity contribution in [2.24, 2.45) is 23.2 Å². The topological polar surface area (TPSA) is 46.2 Å². The third-order valence-electron chi connectivity index (χ3n) is 7.11. The van der Waals surface area contributed by atoms with Crippen molar-refractivity contribution in [1.82, 2.24) is 0 Å². The highest BCUT2D eigenvalue weighted by Gasteiger charge is 2.54. The zero-order valence-electron chi connectivity index (χ0n) is 16.1. The second-order valence-corrected chi connectivity index (χ2v) is 10.5. The van der Waals surface area contributed by atoms with Crippen molar-refractivity contribution in [2.45, 2.75) is 38.5 Å². The minimum Gasteiger partial charge on any atom is -0.325 e. The molecule has 4 aliphatic rings. The summed E-state index contributed by atoms with van der Waals surface area (Å²) in [5.41, 5.74) is 1.22. The normalized spacial score (nSPS) is 29.7. The molecule has 0 heterocycles. The van der Waals surface area contributed by atoms with E-state index in [1.54, 1.807) is 30.3 Å². The minimum atomic E-state index is -0.257. The summed E-state index contributed by atoms with van der Waals surface area (Å²) >= 11 is 9.71. The number of ketones is 1. The van der Waals surface area contributed by atoms with Crippen LogP contribution in [-0.2, 0) is 4.79 Å². The highest BCUT2D eigenvalue weighted by atomic mass is 79.9. The number of amides is 1. The maximum atomic E-state index is 13.5. The van der Waals surface area contributed by atoms with Crippen LogP contribution in [0.4, 0.5) is 5.69 Å². The van der Waals surface area contributed by atoms with E-state index in [1.807, 2.05) is 12.1 Å². The fourth-order valence-electron chi connectivity index (χ4n) is 6.25. The molecule has 2 aromatic rings. The van der Waals surface area contributed by atoms with Gasteiger partial charge in [0.1, 0.15) is 0 Å². The summed E-state index contributed by atoms with van der Waals surface area (Å²) in [5, 5.41) is 3.55. The van der Waals surface area contributed by atoms with Crippen molar-refractivity contribution >= 4 is 44.9 Å². The first-order chi connectivity index (χ1) is 13.9. The van der Waals surface area contributed by atoms with Crippen LogP contribution in [0.5, 0.6) is 0 Å². The Kier molecular flexibility index (Phi) is 4.83. The Labute approximate surface area is 184 Å². The summed E-state index contributed by atoms with van der Waals surface area (Å²) in [6, 6.07) is 12.5. The Morgan fingerprint density at radius 1 is 0.931 bits per heavy atom. The molecule has 4 fully saturated rings. The lowest BCUT2D eigenvalue weighted by Crippen LogP contribution is -2.51. The SMILES string of the molecule is O=C(c1ccccc1Cl)c1cc(Br)ccc1NC(=O)C12CC3CC(CC(C3)C1)C2. The summed E-state index contributed by atoms with van der Waals surface area (Å²) < 4.78 is 0.792. The predicted molar refractivity (Wildman–Crippen MR) is 118 cm³/mol. The quantitative estimate of drug-likeness (QED) is 0.517. The van der Waals surface area contributed by atoms with Gasteiger partial charge in [-0.15, -0.1) is 0 Å². The van der Waals surface area contributed by atoms with Crippen molar-refractivity contribution in [3.05, 3.63) is 63.1 Å². The van der Waals surface area contributed by atoms with Crippen molar-refractivity contribution in [2.75, 3.05) is 5.32 Å². The van der Waals surface area contributed by atoms with Gasteiger partial charge in [0.25, 0.3) is 0 Å². The van der Waals surface area contributed by atoms with E-state index in [9.17, 15) is 9.59 Å². The summed E-state index contributed by atoms with van der Waals surface area (Å²) in [7, 11) is 0. The van der Waals surface area contributed by atoms with Crippen LogP contribution in [0.3, 0.4) is 0 Å². The Balaban J connectivity index is 1.46. The van der Waals surface area contributed by atoms with Gasteiger partial charge in [0.15, 0.2) is 5.78 Å². The predicted octanol–water partition coefficient (Wildman–Crippen LogP) is 6.49. The lowest BCUT2D eigenvalue weighted by Gasteiger charge is -2.55. The molecule has 0 unspecified atom stereocenters. The molecule has 0 atom stereocenters. The van der Waals surface area contributed by atoms with Crippen LogP contribution in [0.25, 0.3) is 0 Å². The zero-order valence-corrected chi connectivity index (χ0v) is 18.4. The van der Waals surface area contributed by atoms with E-state index in [1.165, 1.54) is 19.3 Å².